The summed E-state index contributed by atoms with van der Waals surface area (Å²) in [5.41, 5.74) is 1.88. The van der Waals surface area contributed by atoms with Crippen molar-refractivity contribution in [2.45, 2.75) is 19.9 Å². The number of benzene rings is 3. The number of aromatic nitrogens is 2. The molecule has 2 atom stereocenters. The Morgan fingerprint density at radius 2 is 1.88 bits per heavy atom. The fourth-order valence-electron chi connectivity index (χ4n) is 4.00. The van der Waals surface area contributed by atoms with E-state index in [1.165, 1.54) is 29.1 Å². The van der Waals surface area contributed by atoms with Gasteiger partial charge in [-0.25, -0.2) is 9.78 Å². The monoisotopic (exact) mass is 443 g/mol. The number of aliphatic hydroxyl groups is 1. The van der Waals surface area contributed by atoms with Crippen molar-refractivity contribution in [1.29, 1.82) is 0 Å². The number of carboxylic acid groups (broad SMARTS) is 1. The number of anilines is 1. The van der Waals surface area contributed by atoms with Crippen molar-refractivity contribution in [3.63, 3.8) is 0 Å². The zero-order chi connectivity index (χ0) is 23.5. The summed E-state index contributed by atoms with van der Waals surface area (Å²) in [5.74, 6) is -1.15. The van der Waals surface area contributed by atoms with E-state index in [-0.39, 0.29) is 29.9 Å². The third kappa shape index (κ3) is 4.36. The third-order valence-corrected chi connectivity index (χ3v) is 5.86. The summed E-state index contributed by atoms with van der Waals surface area (Å²) in [6.07, 6.45) is 3.02. The number of rotatable bonds is 7. The zero-order valence-corrected chi connectivity index (χ0v) is 18.4. The molecular formula is C26H25N3O4. The van der Waals surface area contributed by atoms with Crippen molar-refractivity contribution >= 4 is 22.6 Å². The molecule has 168 valence electrons. The van der Waals surface area contributed by atoms with E-state index in [2.05, 4.69) is 10.3 Å². The fourth-order valence-corrected chi connectivity index (χ4v) is 4.00. The number of hydrogen-bond donors (Lipinski definition) is 3. The number of fused-ring (bicyclic) bond motifs is 1. The first kappa shape index (κ1) is 22.2. The zero-order valence-electron chi connectivity index (χ0n) is 18.4. The quantitative estimate of drug-likeness (QED) is 0.396. The summed E-state index contributed by atoms with van der Waals surface area (Å²) in [7, 11) is 0. The van der Waals surface area contributed by atoms with Crippen molar-refractivity contribution < 1.29 is 15.0 Å². The molecule has 0 saturated carbocycles. The lowest BCUT2D eigenvalue weighted by atomic mass is 9.91. The van der Waals surface area contributed by atoms with Crippen LogP contribution in [0.1, 0.15) is 34.5 Å². The average molecular weight is 444 g/mol. The lowest BCUT2D eigenvalue weighted by Crippen LogP contribution is -2.29. The summed E-state index contributed by atoms with van der Waals surface area (Å²) in [5, 5.41) is 24.6. The second kappa shape index (κ2) is 9.26. The average Bonchev–Trinajstić information content (AvgIpc) is 2.83. The minimum Gasteiger partial charge on any atom is -0.478 e. The molecule has 4 rings (SSSR count). The van der Waals surface area contributed by atoms with E-state index in [9.17, 15) is 19.8 Å². The maximum Gasteiger partial charge on any atom is 0.335 e. The Morgan fingerprint density at radius 1 is 1.12 bits per heavy atom. The van der Waals surface area contributed by atoms with Gasteiger partial charge in [0.15, 0.2) is 5.82 Å². The fraction of sp³-hybridized carbons (Fsp3) is 0.192. The summed E-state index contributed by atoms with van der Waals surface area (Å²) in [6.45, 7) is 3.64. The van der Waals surface area contributed by atoms with Crippen molar-refractivity contribution in [3.05, 3.63) is 100 Å². The van der Waals surface area contributed by atoms with Crippen molar-refractivity contribution in [2.75, 3.05) is 11.9 Å². The number of hydrogen-bond acceptors (Lipinski definition) is 5. The molecule has 2 unspecified atom stereocenters. The van der Waals surface area contributed by atoms with Crippen molar-refractivity contribution in [1.82, 2.24) is 9.55 Å². The molecular weight excluding hydrogens is 418 g/mol. The van der Waals surface area contributed by atoms with Crippen LogP contribution in [0, 0.1) is 12.8 Å². The van der Waals surface area contributed by atoms with Crippen LogP contribution in [0.5, 0.6) is 0 Å². The molecule has 33 heavy (non-hydrogen) atoms. The van der Waals surface area contributed by atoms with Gasteiger partial charge in [0, 0.05) is 24.9 Å². The molecule has 0 saturated heterocycles. The van der Waals surface area contributed by atoms with Crippen LogP contribution >= 0.6 is 0 Å². The number of aliphatic hydroxyl groups excluding tert-OH is 1. The standard InChI is InChI=1S/C26H25N3O4/c1-16-10-11-19(26(32)33)14-22(16)29-13-12-27-24(25(29)31)28-23(17(2)15-30)21-9-5-7-18-6-3-4-8-20(18)21/h3-14,17,23,30H,15H2,1-2H3,(H,27,28)(H,32,33). The van der Waals surface area contributed by atoms with Crippen molar-refractivity contribution in [2.24, 2.45) is 5.92 Å². The first-order chi connectivity index (χ1) is 15.9. The van der Waals surface area contributed by atoms with E-state index >= 15 is 0 Å². The maximum atomic E-state index is 13.4. The Labute approximate surface area is 191 Å². The van der Waals surface area contributed by atoms with Gasteiger partial charge in [0.1, 0.15) is 0 Å². The molecule has 0 bridgehead atoms. The molecule has 0 aliphatic carbocycles. The smallest absolute Gasteiger partial charge is 0.335 e. The molecule has 1 aromatic heterocycles. The Balaban J connectivity index is 1.80. The van der Waals surface area contributed by atoms with Crippen LogP contribution in [0.3, 0.4) is 0 Å². The summed E-state index contributed by atoms with van der Waals surface area (Å²) in [6, 6.07) is 18.2. The van der Waals surface area contributed by atoms with E-state index in [1.54, 1.807) is 6.07 Å². The van der Waals surface area contributed by atoms with Crippen LogP contribution in [0.4, 0.5) is 5.82 Å². The highest BCUT2D eigenvalue weighted by molar-refractivity contribution is 5.88. The van der Waals surface area contributed by atoms with Gasteiger partial charge in [-0.1, -0.05) is 55.5 Å². The first-order valence-electron chi connectivity index (χ1n) is 10.7. The van der Waals surface area contributed by atoms with Crippen LogP contribution in [-0.4, -0.2) is 32.3 Å². The minimum absolute atomic E-state index is 0.0817. The molecule has 0 aliphatic heterocycles. The number of nitrogens with one attached hydrogen (secondary N) is 1. The third-order valence-electron chi connectivity index (χ3n) is 5.86. The van der Waals surface area contributed by atoms with Crippen LogP contribution in [0.2, 0.25) is 0 Å². The summed E-state index contributed by atoms with van der Waals surface area (Å²) in [4.78, 5) is 29.1. The van der Waals surface area contributed by atoms with Crippen LogP contribution in [0.15, 0.2) is 77.9 Å². The topological polar surface area (TPSA) is 104 Å². The van der Waals surface area contributed by atoms with E-state index in [0.29, 0.717) is 5.69 Å². The van der Waals surface area contributed by atoms with E-state index in [0.717, 1.165) is 21.9 Å². The molecule has 3 aromatic carbocycles. The highest BCUT2D eigenvalue weighted by atomic mass is 16.4. The predicted molar refractivity (Wildman–Crippen MR) is 128 cm³/mol. The molecule has 0 fully saturated rings. The molecule has 0 radical (unpaired) electrons. The lowest BCUT2D eigenvalue weighted by molar-refractivity contribution is 0.0697. The highest BCUT2D eigenvalue weighted by Gasteiger charge is 2.23. The normalized spacial score (nSPS) is 12.9. The Morgan fingerprint density at radius 3 is 2.64 bits per heavy atom. The number of carboxylic acids is 1. The van der Waals surface area contributed by atoms with Crippen molar-refractivity contribution in [3.8, 4) is 5.69 Å². The van der Waals surface area contributed by atoms with Gasteiger partial charge >= 0.3 is 5.97 Å². The molecule has 0 spiro atoms. The van der Waals surface area contributed by atoms with Gasteiger partial charge in [-0.15, -0.1) is 0 Å². The first-order valence-corrected chi connectivity index (χ1v) is 10.7. The van der Waals surface area contributed by atoms with Gasteiger partial charge in [-0.3, -0.25) is 9.36 Å². The molecule has 1 heterocycles. The van der Waals surface area contributed by atoms with Gasteiger partial charge in [-0.05, 0) is 41.0 Å². The number of carbonyl (C=O) groups is 1. The Kier molecular flexibility index (Phi) is 6.24. The molecule has 7 nitrogen and oxygen atoms in total. The molecule has 0 amide bonds. The van der Waals surface area contributed by atoms with E-state index in [1.807, 2.05) is 56.3 Å². The lowest BCUT2D eigenvalue weighted by Gasteiger charge is -2.26. The molecule has 7 heteroatoms. The van der Waals surface area contributed by atoms with E-state index in [4.69, 9.17) is 0 Å². The highest BCUT2D eigenvalue weighted by Crippen LogP contribution is 2.31. The number of nitrogens with zero attached hydrogens (tertiary/aromatic N) is 2. The second-order valence-electron chi connectivity index (χ2n) is 8.11. The Hall–Kier alpha value is -3.97. The van der Waals surface area contributed by atoms with Gasteiger partial charge in [0.05, 0.1) is 17.3 Å². The maximum absolute atomic E-state index is 13.4. The second-order valence-corrected chi connectivity index (χ2v) is 8.11. The number of aryl methyl sites for hydroxylation is 1. The van der Waals surface area contributed by atoms with Gasteiger partial charge in [0.25, 0.3) is 5.56 Å². The summed E-state index contributed by atoms with van der Waals surface area (Å²) < 4.78 is 1.39. The minimum atomic E-state index is -1.07. The molecule has 3 N–H and O–H groups in total. The van der Waals surface area contributed by atoms with Gasteiger partial charge in [-0.2, -0.15) is 0 Å². The van der Waals surface area contributed by atoms with Gasteiger partial charge in [0.2, 0.25) is 0 Å². The summed E-state index contributed by atoms with van der Waals surface area (Å²) >= 11 is 0. The van der Waals surface area contributed by atoms with Crippen LogP contribution < -0.4 is 10.9 Å². The Bertz CT molecular complexity index is 1370. The molecule has 4 aromatic rings. The van der Waals surface area contributed by atoms with Crippen LogP contribution in [-0.2, 0) is 0 Å². The SMILES string of the molecule is Cc1ccc(C(=O)O)cc1-n1ccnc(NC(c2cccc3ccccc23)C(C)CO)c1=O. The number of aromatic carboxylic acids is 1. The molecule has 0 aliphatic rings. The van der Waals surface area contributed by atoms with E-state index < -0.39 is 11.5 Å². The predicted octanol–water partition coefficient (Wildman–Crippen LogP) is 4.17. The largest absolute Gasteiger partial charge is 0.478 e. The van der Waals surface area contributed by atoms with Crippen LogP contribution in [0.25, 0.3) is 16.5 Å². The van der Waals surface area contributed by atoms with Gasteiger partial charge < -0.3 is 15.5 Å².